The Labute approximate surface area is 170 Å². The molecule has 4 aromatic rings. The lowest BCUT2D eigenvalue weighted by Gasteiger charge is -2.27. The number of primary amides is 1. The Morgan fingerprint density at radius 3 is 2.73 bits per heavy atom. The second-order valence-corrected chi connectivity index (χ2v) is 6.68. The van der Waals surface area contributed by atoms with Crippen LogP contribution in [0.3, 0.4) is 0 Å². The highest BCUT2D eigenvalue weighted by Crippen LogP contribution is 2.26. The number of fused-ring (bicyclic) bond motifs is 1. The average Bonchev–Trinajstić information content (AvgIpc) is 3.46. The van der Waals surface area contributed by atoms with E-state index in [4.69, 9.17) is 14.9 Å². The molecule has 0 spiro atoms. The molecule has 0 aromatic carbocycles. The molecule has 0 bridgehead atoms. The van der Waals surface area contributed by atoms with E-state index in [1.54, 1.807) is 23.0 Å². The Bertz CT molecular complexity index is 1190. The molecule has 1 aliphatic rings. The van der Waals surface area contributed by atoms with E-state index in [1.165, 1.54) is 12.6 Å². The first kappa shape index (κ1) is 18.1. The van der Waals surface area contributed by atoms with Crippen LogP contribution in [-0.2, 0) is 4.74 Å². The summed E-state index contributed by atoms with van der Waals surface area (Å²) in [4.78, 5) is 26.8. The van der Waals surface area contributed by atoms with E-state index in [1.807, 2.05) is 12.1 Å². The number of hydrogen-bond donors (Lipinski definition) is 2. The van der Waals surface area contributed by atoms with Crippen LogP contribution < -0.4 is 16.0 Å². The SMILES string of the molecule is NC(=O)c1cc(-c2cnc(Nc3ccc(N4CCOCC4)nc3)c3ncnn23)co1. The van der Waals surface area contributed by atoms with E-state index in [0.29, 0.717) is 35.9 Å². The van der Waals surface area contributed by atoms with Crippen molar-refractivity contribution in [3.05, 3.63) is 48.9 Å². The fourth-order valence-electron chi connectivity index (χ4n) is 3.28. The van der Waals surface area contributed by atoms with E-state index < -0.39 is 5.91 Å². The molecule has 0 aliphatic carbocycles. The topological polar surface area (TPSA) is 137 Å². The van der Waals surface area contributed by atoms with Gasteiger partial charge >= 0.3 is 0 Å². The summed E-state index contributed by atoms with van der Waals surface area (Å²) in [6.45, 7) is 3.07. The fraction of sp³-hybridized carbons (Fsp3) is 0.211. The Morgan fingerprint density at radius 1 is 1.13 bits per heavy atom. The van der Waals surface area contributed by atoms with Crippen LogP contribution in [0.2, 0.25) is 0 Å². The number of furan rings is 1. The molecule has 11 nitrogen and oxygen atoms in total. The van der Waals surface area contributed by atoms with Crippen molar-refractivity contribution in [1.82, 2.24) is 24.6 Å². The molecule has 1 saturated heterocycles. The molecule has 1 fully saturated rings. The highest BCUT2D eigenvalue weighted by atomic mass is 16.5. The van der Waals surface area contributed by atoms with E-state index in [0.717, 1.165) is 24.6 Å². The first-order chi connectivity index (χ1) is 14.7. The van der Waals surface area contributed by atoms with Crippen LogP contribution in [0.1, 0.15) is 10.6 Å². The average molecular weight is 406 g/mol. The molecular formula is C19H18N8O3. The van der Waals surface area contributed by atoms with Crippen LogP contribution in [0.25, 0.3) is 16.9 Å². The van der Waals surface area contributed by atoms with Crippen molar-refractivity contribution in [1.29, 1.82) is 0 Å². The van der Waals surface area contributed by atoms with Crippen molar-refractivity contribution in [3.8, 4) is 11.3 Å². The molecule has 0 unspecified atom stereocenters. The van der Waals surface area contributed by atoms with Gasteiger partial charge in [0, 0.05) is 18.7 Å². The highest BCUT2D eigenvalue weighted by molar-refractivity contribution is 5.91. The number of hydrogen-bond acceptors (Lipinski definition) is 9. The zero-order chi connectivity index (χ0) is 20.5. The van der Waals surface area contributed by atoms with Gasteiger partial charge in [-0.05, 0) is 18.2 Å². The predicted octanol–water partition coefficient (Wildman–Crippen LogP) is 1.46. The first-order valence-electron chi connectivity index (χ1n) is 9.32. The number of nitrogens with one attached hydrogen (secondary N) is 1. The largest absolute Gasteiger partial charge is 0.458 e. The van der Waals surface area contributed by atoms with Crippen molar-refractivity contribution in [2.45, 2.75) is 0 Å². The minimum absolute atomic E-state index is 0.0619. The number of carbonyl (C=O) groups is 1. The summed E-state index contributed by atoms with van der Waals surface area (Å²) in [7, 11) is 0. The number of anilines is 3. The van der Waals surface area contributed by atoms with Gasteiger partial charge in [-0.1, -0.05) is 0 Å². The van der Waals surface area contributed by atoms with Gasteiger partial charge in [0.15, 0.2) is 17.2 Å². The summed E-state index contributed by atoms with van der Waals surface area (Å²) in [5.74, 6) is 0.850. The van der Waals surface area contributed by atoms with E-state index in [2.05, 4.69) is 30.3 Å². The summed E-state index contributed by atoms with van der Waals surface area (Å²) < 4.78 is 12.2. The molecule has 152 valence electrons. The number of ether oxygens (including phenoxy) is 1. The number of nitrogens with two attached hydrogens (primary N) is 1. The van der Waals surface area contributed by atoms with Gasteiger partial charge < -0.3 is 25.1 Å². The van der Waals surface area contributed by atoms with Crippen molar-refractivity contribution in [2.24, 2.45) is 5.73 Å². The van der Waals surface area contributed by atoms with Crippen LogP contribution >= 0.6 is 0 Å². The van der Waals surface area contributed by atoms with Gasteiger partial charge in [-0.2, -0.15) is 5.10 Å². The van der Waals surface area contributed by atoms with Crippen LogP contribution in [0, 0.1) is 0 Å². The molecule has 5 rings (SSSR count). The number of nitrogens with zero attached hydrogens (tertiary/aromatic N) is 6. The van der Waals surface area contributed by atoms with Crippen molar-refractivity contribution >= 4 is 28.9 Å². The molecule has 1 amide bonds. The van der Waals surface area contributed by atoms with Gasteiger partial charge in [-0.3, -0.25) is 4.79 Å². The molecule has 0 saturated carbocycles. The zero-order valence-corrected chi connectivity index (χ0v) is 15.9. The van der Waals surface area contributed by atoms with Gasteiger partial charge in [0.05, 0.1) is 37.0 Å². The molecule has 0 radical (unpaired) electrons. The van der Waals surface area contributed by atoms with Crippen molar-refractivity contribution in [3.63, 3.8) is 0 Å². The van der Waals surface area contributed by atoms with Crippen molar-refractivity contribution in [2.75, 3.05) is 36.5 Å². The van der Waals surface area contributed by atoms with Crippen LogP contribution in [0.5, 0.6) is 0 Å². The Kier molecular flexibility index (Phi) is 4.48. The molecule has 11 heteroatoms. The second-order valence-electron chi connectivity index (χ2n) is 6.68. The molecule has 0 atom stereocenters. The third-order valence-electron chi connectivity index (χ3n) is 4.79. The number of pyridine rings is 1. The Balaban J connectivity index is 1.41. The van der Waals surface area contributed by atoms with Crippen LogP contribution in [0.4, 0.5) is 17.3 Å². The third-order valence-corrected chi connectivity index (χ3v) is 4.79. The van der Waals surface area contributed by atoms with Gasteiger partial charge in [0.2, 0.25) is 0 Å². The Hall–Kier alpha value is -3.99. The smallest absolute Gasteiger partial charge is 0.284 e. The van der Waals surface area contributed by atoms with Gasteiger partial charge in [0.25, 0.3) is 5.91 Å². The molecule has 30 heavy (non-hydrogen) atoms. The van der Waals surface area contributed by atoms with Gasteiger partial charge in [-0.15, -0.1) is 0 Å². The maximum atomic E-state index is 11.3. The van der Waals surface area contributed by atoms with Crippen molar-refractivity contribution < 1.29 is 13.9 Å². The summed E-state index contributed by atoms with van der Waals surface area (Å²) in [5, 5.41) is 7.49. The molecule has 1 aliphatic heterocycles. The first-order valence-corrected chi connectivity index (χ1v) is 9.32. The monoisotopic (exact) mass is 406 g/mol. The minimum atomic E-state index is -0.643. The van der Waals surface area contributed by atoms with Gasteiger partial charge in [-0.25, -0.2) is 19.5 Å². The zero-order valence-electron chi connectivity index (χ0n) is 15.9. The maximum absolute atomic E-state index is 11.3. The number of amides is 1. The van der Waals surface area contributed by atoms with E-state index in [9.17, 15) is 4.79 Å². The normalized spacial score (nSPS) is 14.2. The maximum Gasteiger partial charge on any atom is 0.284 e. The quantitative estimate of drug-likeness (QED) is 0.504. The van der Waals surface area contributed by atoms with E-state index >= 15 is 0 Å². The molecule has 4 aromatic heterocycles. The lowest BCUT2D eigenvalue weighted by atomic mass is 10.2. The molecule has 3 N–H and O–H groups in total. The van der Waals surface area contributed by atoms with Crippen LogP contribution in [-0.4, -0.2) is 56.8 Å². The summed E-state index contributed by atoms with van der Waals surface area (Å²) >= 11 is 0. The van der Waals surface area contributed by atoms with E-state index in [-0.39, 0.29) is 5.76 Å². The summed E-state index contributed by atoms with van der Waals surface area (Å²) in [5.41, 5.74) is 7.79. The number of aromatic nitrogens is 5. The molecular weight excluding hydrogens is 388 g/mol. The second kappa shape index (κ2) is 7.44. The third kappa shape index (κ3) is 3.31. The standard InChI is InChI=1S/C19H18N8O3/c20-17(28)15-7-12(10-30-15)14-9-22-18(19-23-11-24-27(14)19)25-13-1-2-16(21-8-13)26-3-5-29-6-4-26/h1-2,7-11H,3-6H2,(H2,20,28)(H,22,25). The van der Waals surface area contributed by atoms with Crippen LogP contribution in [0.15, 0.2) is 47.6 Å². The number of morpholine rings is 1. The summed E-state index contributed by atoms with van der Waals surface area (Å²) in [6.07, 6.45) is 6.23. The Morgan fingerprint density at radius 2 is 2.00 bits per heavy atom. The highest BCUT2D eigenvalue weighted by Gasteiger charge is 2.16. The lowest BCUT2D eigenvalue weighted by molar-refractivity contribution is 0.0974. The van der Waals surface area contributed by atoms with Gasteiger partial charge in [0.1, 0.15) is 18.4 Å². The predicted molar refractivity (Wildman–Crippen MR) is 108 cm³/mol. The number of carbonyl (C=O) groups excluding carboxylic acids is 1. The summed E-state index contributed by atoms with van der Waals surface area (Å²) in [6, 6.07) is 5.44. The lowest BCUT2D eigenvalue weighted by Crippen LogP contribution is -2.36. The minimum Gasteiger partial charge on any atom is -0.458 e. The molecule has 5 heterocycles. The number of rotatable bonds is 5. The fourth-order valence-corrected chi connectivity index (χ4v) is 3.28.